The summed E-state index contributed by atoms with van der Waals surface area (Å²) in [6.45, 7) is 4.22. The zero-order chi connectivity index (χ0) is 12.5. The first-order valence-corrected chi connectivity index (χ1v) is 5.83. The number of rotatable bonds is 6. The standard InChI is InChI=1S/C13H19N3O/c1-3-7-11(2)15-16-13(17)10-14-12-8-5-4-6-9-12/h4-6,8-9,14H,3,7,10H2,1-2H3,(H,16,17)/b15-11-. The fraction of sp³-hybridized carbons (Fsp3) is 0.385. The van der Waals surface area contributed by atoms with Gasteiger partial charge in [0.15, 0.2) is 0 Å². The molecule has 0 fully saturated rings. The minimum absolute atomic E-state index is 0.135. The molecule has 0 unspecified atom stereocenters. The maximum Gasteiger partial charge on any atom is 0.259 e. The van der Waals surface area contributed by atoms with Gasteiger partial charge in [-0.3, -0.25) is 4.79 Å². The molecule has 0 saturated carbocycles. The molecule has 4 heteroatoms. The number of hydrogen-bond acceptors (Lipinski definition) is 3. The molecular weight excluding hydrogens is 214 g/mol. The van der Waals surface area contributed by atoms with Crippen molar-refractivity contribution in [3.63, 3.8) is 0 Å². The molecule has 0 bridgehead atoms. The number of carbonyl (C=O) groups excluding carboxylic acids is 1. The van der Waals surface area contributed by atoms with Crippen LogP contribution < -0.4 is 10.7 Å². The molecule has 1 aromatic rings. The predicted molar refractivity (Wildman–Crippen MR) is 71.1 cm³/mol. The Labute approximate surface area is 102 Å². The van der Waals surface area contributed by atoms with Gasteiger partial charge in [-0.25, -0.2) is 5.43 Å². The Morgan fingerprint density at radius 2 is 2.00 bits per heavy atom. The quantitative estimate of drug-likeness (QED) is 0.585. The molecule has 0 aliphatic rings. The molecule has 1 rings (SSSR count). The van der Waals surface area contributed by atoms with E-state index in [0.717, 1.165) is 24.2 Å². The van der Waals surface area contributed by atoms with Gasteiger partial charge in [0.25, 0.3) is 5.91 Å². The summed E-state index contributed by atoms with van der Waals surface area (Å²) in [7, 11) is 0. The van der Waals surface area contributed by atoms with Crippen LogP contribution in [0.2, 0.25) is 0 Å². The number of hydrogen-bond donors (Lipinski definition) is 2. The van der Waals surface area contributed by atoms with Crippen molar-refractivity contribution in [2.45, 2.75) is 26.7 Å². The monoisotopic (exact) mass is 233 g/mol. The number of para-hydroxylation sites is 1. The van der Waals surface area contributed by atoms with E-state index in [0.29, 0.717) is 0 Å². The van der Waals surface area contributed by atoms with Crippen LogP contribution in [-0.2, 0) is 4.79 Å². The first-order valence-electron chi connectivity index (χ1n) is 5.83. The van der Waals surface area contributed by atoms with E-state index in [-0.39, 0.29) is 12.5 Å². The molecule has 0 spiro atoms. The second-order valence-corrected chi connectivity index (χ2v) is 3.85. The molecule has 0 radical (unpaired) electrons. The Hall–Kier alpha value is -1.84. The van der Waals surface area contributed by atoms with Gasteiger partial charge in [-0.1, -0.05) is 31.5 Å². The molecule has 0 heterocycles. The smallest absolute Gasteiger partial charge is 0.259 e. The highest BCUT2D eigenvalue weighted by Crippen LogP contribution is 2.03. The Bertz CT molecular complexity index is 374. The lowest BCUT2D eigenvalue weighted by molar-refractivity contribution is -0.119. The lowest BCUT2D eigenvalue weighted by Gasteiger charge is -2.05. The van der Waals surface area contributed by atoms with Crippen molar-refractivity contribution in [3.8, 4) is 0 Å². The van der Waals surface area contributed by atoms with Crippen molar-refractivity contribution in [3.05, 3.63) is 30.3 Å². The van der Waals surface area contributed by atoms with Gasteiger partial charge in [0, 0.05) is 11.4 Å². The van der Waals surface area contributed by atoms with Crippen LogP contribution in [0.3, 0.4) is 0 Å². The van der Waals surface area contributed by atoms with Gasteiger partial charge in [-0.2, -0.15) is 5.10 Å². The average Bonchev–Trinajstić information content (AvgIpc) is 2.35. The third kappa shape index (κ3) is 5.70. The number of amides is 1. The Morgan fingerprint density at radius 1 is 1.29 bits per heavy atom. The van der Waals surface area contributed by atoms with Crippen molar-refractivity contribution >= 4 is 17.3 Å². The predicted octanol–water partition coefficient (Wildman–Crippen LogP) is 2.39. The zero-order valence-electron chi connectivity index (χ0n) is 10.4. The molecule has 0 aliphatic heterocycles. The van der Waals surface area contributed by atoms with Gasteiger partial charge >= 0.3 is 0 Å². The summed E-state index contributed by atoms with van der Waals surface area (Å²) in [5, 5.41) is 7.02. The fourth-order valence-corrected chi connectivity index (χ4v) is 1.35. The lowest BCUT2D eigenvalue weighted by Crippen LogP contribution is -2.26. The summed E-state index contributed by atoms with van der Waals surface area (Å²) >= 11 is 0. The summed E-state index contributed by atoms with van der Waals surface area (Å²) in [4.78, 5) is 11.4. The number of nitrogens with one attached hydrogen (secondary N) is 2. The molecule has 2 N–H and O–H groups in total. The molecule has 4 nitrogen and oxygen atoms in total. The van der Waals surface area contributed by atoms with Gasteiger partial charge in [-0.15, -0.1) is 0 Å². The van der Waals surface area contributed by atoms with Crippen LogP contribution >= 0.6 is 0 Å². The van der Waals surface area contributed by atoms with Gasteiger partial charge < -0.3 is 5.32 Å². The van der Waals surface area contributed by atoms with Crippen molar-refractivity contribution in [2.75, 3.05) is 11.9 Å². The molecule has 0 saturated heterocycles. The number of benzene rings is 1. The van der Waals surface area contributed by atoms with E-state index >= 15 is 0 Å². The Kier molecular flexibility index (Phi) is 5.79. The molecular formula is C13H19N3O. The Balaban J connectivity index is 2.29. The van der Waals surface area contributed by atoms with Crippen molar-refractivity contribution < 1.29 is 4.79 Å². The van der Waals surface area contributed by atoms with Gasteiger partial charge in [-0.05, 0) is 25.5 Å². The highest BCUT2D eigenvalue weighted by molar-refractivity contribution is 5.85. The van der Waals surface area contributed by atoms with Crippen molar-refractivity contribution in [1.82, 2.24) is 5.43 Å². The summed E-state index contributed by atoms with van der Waals surface area (Å²) in [5.74, 6) is -0.135. The molecule has 92 valence electrons. The summed E-state index contributed by atoms with van der Waals surface area (Å²) in [6.07, 6.45) is 1.94. The highest BCUT2D eigenvalue weighted by atomic mass is 16.2. The van der Waals surface area contributed by atoms with Crippen LogP contribution in [0.5, 0.6) is 0 Å². The maximum atomic E-state index is 11.4. The summed E-state index contributed by atoms with van der Waals surface area (Å²) in [6, 6.07) is 9.61. The van der Waals surface area contributed by atoms with Crippen LogP contribution in [0.1, 0.15) is 26.7 Å². The van der Waals surface area contributed by atoms with Gasteiger partial charge in [0.05, 0.1) is 6.54 Å². The molecule has 17 heavy (non-hydrogen) atoms. The van der Waals surface area contributed by atoms with Gasteiger partial charge in [0.2, 0.25) is 0 Å². The van der Waals surface area contributed by atoms with E-state index in [2.05, 4.69) is 22.8 Å². The van der Waals surface area contributed by atoms with Crippen LogP contribution in [0.25, 0.3) is 0 Å². The topological polar surface area (TPSA) is 53.5 Å². The zero-order valence-corrected chi connectivity index (χ0v) is 10.4. The van der Waals surface area contributed by atoms with Crippen LogP contribution in [0.15, 0.2) is 35.4 Å². The molecule has 1 aromatic carbocycles. The van der Waals surface area contributed by atoms with Crippen LogP contribution in [0.4, 0.5) is 5.69 Å². The third-order valence-electron chi connectivity index (χ3n) is 2.21. The molecule has 0 aliphatic carbocycles. The second-order valence-electron chi connectivity index (χ2n) is 3.85. The fourth-order valence-electron chi connectivity index (χ4n) is 1.35. The largest absolute Gasteiger partial charge is 0.376 e. The minimum Gasteiger partial charge on any atom is -0.376 e. The highest BCUT2D eigenvalue weighted by Gasteiger charge is 1.99. The lowest BCUT2D eigenvalue weighted by atomic mass is 10.2. The SMILES string of the molecule is CCC/C(C)=N\NC(=O)CNc1ccccc1. The first kappa shape index (κ1) is 13.2. The van der Waals surface area contributed by atoms with E-state index in [1.165, 1.54) is 0 Å². The summed E-state index contributed by atoms with van der Waals surface area (Å²) < 4.78 is 0. The van der Waals surface area contributed by atoms with Gasteiger partial charge in [0.1, 0.15) is 0 Å². The first-order chi connectivity index (χ1) is 8.22. The molecule has 1 amide bonds. The van der Waals surface area contributed by atoms with E-state index in [1.54, 1.807) is 0 Å². The second kappa shape index (κ2) is 7.44. The third-order valence-corrected chi connectivity index (χ3v) is 2.21. The average molecular weight is 233 g/mol. The van der Waals surface area contributed by atoms with E-state index in [9.17, 15) is 4.79 Å². The van der Waals surface area contributed by atoms with E-state index in [4.69, 9.17) is 0 Å². The van der Waals surface area contributed by atoms with Crippen LogP contribution in [-0.4, -0.2) is 18.2 Å². The molecule has 0 aromatic heterocycles. The number of hydrazone groups is 1. The molecule has 0 atom stereocenters. The Morgan fingerprint density at radius 3 is 2.65 bits per heavy atom. The number of anilines is 1. The van der Waals surface area contributed by atoms with E-state index in [1.807, 2.05) is 37.3 Å². The minimum atomic E-state index is -0.135. The maximum absolute atomic E-state index is 11.4. The van der Waals surface area contributed by atoms with Crippen LogP contribution in [0, 0.1) is 0 Å². The van der Waals surface area contributed by atoms with Crippen molar-refractivity contribution in [2.24, 2.45) is 5.10 Å². The number of nitrogens with zero attached hydrogens (tertiary/aromatic N) is 1. The normalized spacial score (nSPS) is 11.1. The summed E-state index contributed by atoms with van der Waals surface area (Å²) in [5.41, 5.74) is 4.40. The number of carbonyl (C=O) groups is 1. The van der Waals surface area contributed by atoms with E-state index < -0.39 is 0 Å². The van der Waals surface area contributed by atoms with Crippen molar-refractivity contribution in [1.29, 1.82) is 0 Å².